The maximum absolute atomic E-state index is 5.95. The van der Waals surface area contributed by atoms with Gasteiger partial charge in [-0.2, -0.15) is 0 Å². The molecule has 0 saturated heterocycles. The third kappa shape index (κ3) is 4.47. The van der Waals surface area contributed by atoms with Gasteiger partial charge in [-0.05, 0) is 32.1 Å². The molecule has 0 heterocycles. The zero-order chi connectivity index (χ0) is 11.3. The van der Waals surface area contributed by atoms with Crippen molar-refractivity contribution in [3.63, 3.8) is 0 Å². The molecule has 1 aliphatic carbocycles. The number of nitrogens with zero attached hydrogens (tertiary/aromatic N) is 2. The maximum Gasteiger partial charge on any atom is 0.191 e. The molecule has 1 rings (SSSR count). The van der Waals surface area contributed by atoms with Crippen LogP contribution in [0.4, 0.5) is 0 Å². The molecule has 0 aromatic carbocycles. The topological polar surface area (TPSA) is 41.6 Å². The predicted octanol–water partition coefficient (Wildman–Crippen LogP) is 2.84. The second-order valence-corrected chi connectivity index (χ2v) is 4.86. The van der Waals surface area contributed by atoms with E-state index in [1.807, 2.05) is 0 Å². The number of aliphatic imine (C=N–C) groups is 1. The van der Waals surface area contributed by atoms with Crippen LogP contribution < -0.4 is 5.73 Å². The molecule has 0 aromatic rings. The average molecular weight is 339 g/mol. The third-order valence-electron chi connectivity index (χ3n) is 3.52. The van der Waals surface area contributed by atoms with Crippen LogP contribution in [0, 0.1) is 5.41 Å². The summed E-state index contributed by atoms with van der Waals surface area (Å²) in [6.45, 7) is 9.35. The first-order chi connectivity index (χ1) is 7.11. The van der Waals surface area contributed by atoms with E-state index in [-0.39, 0.29) is 24.0 Å². The summed E-state index contributed by atoms with van der Waals surface area (Å²) in [4.78, 5) is 6.65. The van der Waals surface area contributed by atoms with E-state index in [9.17, 15) is 0 Å². The molecule has 1 fully saturated rings. The van der Waals surface area contributed by atoms with Gasteiger partial charge in [0.2, 0.25) is 0 Å². The minimum Gasteiger partial charge on any atom is -0.370 e. The number of halogens is 1. The van der Waals surface area contributed by atoms with Gasteiger partial charge < -0.3 is 10.6 Å². The van der Waals surface area contributed by atoms with E-state index in [0.29, 0.717) is 11.4 Å². The zero-order valence-electron chi connectivity index (χ0n) is 10.8. The highest BCUT2D eigenvalue weighted by Gasteiger charge is 2.28. The second kappa shape index (κ2) is 7.35. The molecule has 0 aliphatic heterocycles. The van der Waals surface area contributed by atoms with E-state index in [2.05, 4.69) is 30.7 Å². The Morgan fingerprint density at radius 1 is 1.25 bits per heavy atom. The molecule has 1 saturated carbocycles. The number of nitrogens with two attached hydrogens (primary N) is 1. The summed E-state index contributed by atoms with van der Waals surface area (Å²) in [7, 11) is 0. The van der Waals surface area contributed by atoms with Crippen LogP contribution in [0.5, 0.6) is 0 Å². The Hall–Kier alpha value is 0. The van der Waals surface area contributed by atoms with Gasteiger partial charge in [0.15, 0.2) is 5.96 Å². The van der Waals surface area contributed by atoms with Crippen molar-refractivity contribution in [1.82, 2.24) is 4.90 Å². The summed E-state index contributed by atoms with van der Waals surface area (Å²) in [6, 6.07) is 0. The fourth-order valence-corrected chi connectivity index (χ4v) is 2.31. The van der Waals surface area contributed by atoms with Gasteiger partial charge in [-0.1, -0.05) is 19.8 Å². The van der Waals surface area contributed by atoms with Crippen molar-refractivity contribution in [3.8, 4) is 0 Å². The van der Waals surface area contributed by atoms with Gasteiger partial charge in [0.1, 0.15) is 0 Å². The smallest absolute Gasteiger partial charge is 0.191 e. The van der Waals surface area contributed by atoms with Crippen molar-refractivity contribution in [2.75, 3.05) is 19.6 Å². The minimum atomic E-state index is 0. The summed E-state index contributed by atoms with van der Waals surface area (Å²) < 4.78 is 0. The summed E-state index contributed by atoms with van der Waals surface area (Å²) in [5.74, 6) is 0.716. The average Bonchev–Trinajstić information content (AvgIpc) is 2.65. The summed E-state index contributed by atoms with van der Waals surface area (Å²) in [5.41, 5.74) is 6.37. The maximum atomic E-state index is 5.95. The third-order valence-corrected chi connectivity index (χ3v) is 3.52. The van der Waals surface area contributed by atoms with Crippen LogP contribution in [-0.2, 0) is 0 Å². The first-order valence-corrected chi connectivity index (χ1v) is 6.16. The number of hydrogen-bond acceptors (Lipinski definition) is 1. The van der Waals surface area contributed by atoms with Gasteiger partial charge in [-0.15, -0.1) is 24.0 Å². The van der Waals surface area contributed by atoms with Crippen molar-refractivity contribution in [2.24, 2.45) is 16.1 Å². The van der Waals surface area contributed by atoms with E-state index >= 15 is 0 Å². The van der Waals surface area contributed by atoms with Crippen molar-refractivity contribution in [1.29, 1.82) is 0 Å². The SMILES string of the molecule is CCN(CC)C(N)=NCC1(C)CCCC1.I. The highest BCUT2D eigenvalue weighted by Crippen LogP contribution is 2.37. The highest BCUT2D eigenvalue weighted by atomic mass is 127. The van der Waals surface area contributed by atoms with Gasteiger partial charge in [0.05, 0.1) is 0 Å². The minimum absolute atomic E-state index is 0. The Bertz CT molecular complexity index is 218. The predicted molar refractivity (Wildman–Crippen MR) is 81.4 cm³/mol. The molecule has 4 heteroatoms. The van der Waals surface area contributed by atoms with E-state index in [1.54, 1.807) is 0 Å². The van der Waals surface area contributed by atoms with E-state index in [1.165, 1.54) is 25.7 Å². The van der Waals surface area contributed by atoms with Gasteiger partial charge >= 0.3 is 0 Å². The van der Waals surface area contributed by atoms with Gasteiger partial charge in [-0.25, -0.2) is 0 Å². The lowest BCUT2D eigenvalue weighted by Gasteiger charge is -2.24. The van der Waals surface area contributed by atoms with E-state index < -0.39 is 0 Å². The Morgan fingerprint density at radius 2 is 1.75 bits per heavy atom. The molecule has 3 nitrogen and oxygen atoms in total. The Morgan fingerprint density at radius 3 is 2.19 bits per heavy atom. The Kier molecular flexibility index (Phi) is 7.35. The fraction of sp³-hybridized carbons (Fsp3) is 0.917. The number of hydrogen-bond donors (Lipinski definition) is 1. The number of guanidine groups is 1. The van der Waals surface area contributed by atoms with E-state index in [4.69, 9.17) is 5.73 Å². The lowest BCUT2D eigenvalue weighted by molar-refractivity contribution is 0.347. The summed E-state index contributed by atoms with van der Waals surface area (Å²) >= 11 is 0. The molecular formula is C12H26IN3. The Labute approximate surface area is 117 Å². The molecule has 0 spiro atoms. The summed E-state index contributed by atoms with van der Waals surface area (Å²) in [6.07, 6.45) is 5.33. The zero-order valence-corrected chi connectivity index (χ0v) is 13.2. The molecule has 0 aromatic heterocycles. The molecule has 0 atom stereocenters. The molecule has 96 valence electrons. The normalized spacial score (nSPS) is 19.3. The van der Waals surface area contributed by atoms with Crippen LogP contribution in [0.3, 0.4) is 0 Å². The van der Waals surface area contributed by atoms with E-state index in [0.717, 1.165) is 19.6 Å². The number of rotatable bonds is 4. The molecule has 2 N–H and O–H groups in total. The van der Waals surface area contributed by atoms with Gasteiger partial charge in [0, 0.05) is 19.6 Å². The molecule has 16 heavy (non-hydrogen) atoms. The van der Waals surface area contributed by atoms with Crippen LogP contribution in [-0.4, -0.2) is 30.5 Å². The largest absolute Gasteiger partial charge is 0.370 e. The van der Waals surface area contributed by atoms with Crippen LogP contribution in [0.1, 0.15) is 46.5 Å². The summed E-state index contributed by atoms with van der Waals surface area (Å²) in [5, 5.41) is 0. The van der Waals surface area contributed by atoms with Crippen LogP contribution in [0.15, 0.2) is 4.99 Å². The molecule has 0 amide bonds. The molecular weight excluding hydrogens is 313 g/mol. The standard InChI is InChI=1S/C12H25N3.HI/c1-4-15(5-2)11(13)14-10-12(3)8-6-7-9-12;/h4-10H2,1-3H3,(H2,13,14);1H. The van der Waals surface area contributed by atoms with Crippen LogP contribution in [0.25, 0.3) is 0 Å². The lowest BCUT2D eigenvalue weighted by Crippen LogP contribution is -2.37. The van der Waals surface area contributed by atoms with Crippen LogP contribution >= 0.6 is 24.0 Å². The molecule has 0 radical (unpaired) electrons. The van der Waals surface area contributed by atoms with Crippen molar-refractivity contribution in [3.05, 3.63) is 0 Å². The Balaban J connectivity index is 0.00000225. The quantitative estimate of drug-likeness (QED) is 0.486. The van der Waals surface area contributed by atoms with Gasteiger partial charge in [0.25, 0.3) is 0 Å². The van der Waals surface area contributed by atoms with Crippen molar-refractivity contribution >= 4 is 29.9 Å². The fourth-order valence-electron chi connectivity index (χ4n) is 2.31. The molecule has 0 unspecified atom stereocenters. The highest BCUT2D eigenvalue weighted by molar-refractivity contribution is 14.0. The monoisotopic (exact) mass is 339 g/mol. The first-order valence-electron chi connectivity index (χ1n) is 6.16. The van der Waals surface area contributed by atoms with Crippen molar-refractivity contribution in [2.45, 2.75) is 46.5 Å². The van der Waals surface area contributed by atoms with Crippen molar-refractivity contribution < 1.29 is 0 Å². The van der Waals surface area contributed by atoms with Crippen LogP contribution in [0.2, 0.25) is 0 Å². The molecule has 0 bridgehead atoms. The second-order valence-electron chi connectivity index (χ2n) is 4.86. The first kappa shape index (κ1) is 16.0. The molecule has 1 aliphatic rings. The lowest BCUT2D eigenvalue weighted by atomic mass is 9.89. The van der Waals surface area contributed by atoms with Gasteiger partial charge in [-0.3, -0.25) is 4.99 Å².